The molecule has 5 nitrogen and oxygen atoms in total. The Morgan fingerprint density at radius 3 is 2.29 bits per heavy atom. The van der Waals surface area contributed by atoms with Gasteiger partial charge in [0.1, 0.15) is 11.6 Å². The first kappa shape index (κ1) is 15.0. The van der Waals surface area contributed by atoms with Crippen molar-refractivity contribution < 1.29 is 4.79 Å². The van der Waals surface area contributed by atoms with Gasteiger partial charge in [-0.3, -0.25) is 4.79 Å². The maximum atomic E-state index is 11.3. The average Bonchev–Trinajstić information content (AvgIpc) is 2.50. The first-order chi connectivity index (χ1) is 10.0. The lowest BCUT2D eigenvalue weighted by molar-refractivity contribution is 0.100. The van der Waals surface area contributed by atoms with Crippen molar-refractivity contribution in [3.8, 4) is 0 Å². The largest absolute Gasteiger partial charge is 0.383 e. The van der Waals surface area contributed by atoms with Gasteiger partial charge in [0.25, 0.3) is 5.91 Å². The summed E-state index contributed by atoms with van der Waals surface area (Å²) in [6.07, 6.45) is 3.09. The number of carbonyl (C=O) groups excluding carboxylic acids is 1. The van der Waals surface area contributed by atoms with Crippen LogP contribution in [0.4, 0.5) is 5.82 Å². The van der Waals surface area contributed by atoms with E-state index in [4.69, 9.17) is 11.5 Å². The number of rotatable bonds is 5. The van der Waals surface area contributed by atoms with Crippen LogP contribution >= 0.6 is 0 Å². The molecule has 1 aromatic carbocycles. The number of carbonyl (C=O) groups is 1. The van der Waals surface area contributed by atoms with E-state index in [1.54, 1.807) is 0 Å². The van der Waals surface area contributed by atoms with Crippen LogP contribution in [0.3, 0.4) is 0 Å². The summed E-state index contributed by atoms with van der Waals surface area (Å²) in [6.45, 7) is 4.19. The zero-order valence-corrected chi connectivity index (χ0v) is 12.3. The van der Waals surface area contributed by atoms with Gasteiger partial charge in [0, 0.05) is 6.20 Å². The Morgan fingerprint density at radius 2 is 1.81 bits per heavy atom. The molecule has 0 saturated carbocycles. The van der Waals surface area contributed by atoms with Crippen molar-refractivity contribution >= 4 is 11.7 Å². The highest BCUT2D eigenvalue weighted by Gasteiger charge is 2.34. The van der Waals surface area contributed by atoms with Crippen LogP contribution in [0.25, 0.3) is 0 Å². The van der Waals surface area contributed by atoms with E-state index >= 15 is 0 Å². The Balaban J connectivity index is 2.59. The number of aromatic nitrogens is 2. The molecule has 5 heteroatoms. The van der Waals surface area contributed by atoms with Crippen molar-refractivity contribution in [2.45, 2.75) is 32.1 Å². The predicted molar refractivity (Wildman–Crippen MR) is 82.8 cm³/mol. The lowest BCUT2D eigenvalue weighted by atomic mass is 9.75. The molecule has 2 aromatic rings. The summed E-state index contributed by atoms with van der Waals surface area (Å²) in [4.78, 5) is 20.0. The highest BCUT2D eigenvalue weighted by Crippen LogP contribution is 2.37. The van der Waals surface area contributed by atoms with Crippen LogP contribution in [0.15, 0.2) is 36.5 Å². The second kappa shape index (κ2) is 5.91. The molecule has 2 rings (SSSR count). The van der Waals surface area contributed by atoms with Gasteiger partial charge < -0.3 is 11.5 Å². The van der Waals surface area contributed by atoms with E-state index in [1.807, 2.05) is 18.2 Å². The summed E-state index contributed by atoms with van der Waals surface area (Å²) in [5, 5.41) is 0. The number of nitrogens with zero attached hydrogens (tertiary/aromatic N) is 2. The number of nitrogen functional groups attached to an aromatic ring is 1. The first-order valence-corrected chi connectivity index (χ1v) is 7.03. The summed E-state index contributed by atoms with van der Waals surface area (Å²) in [6, 6.07) is 10.1. The Hall–Kier alpha value is -2.43. The second-order valence-corrected chi connectivity index (χ2v) is 5.01. The maximum absolute atomic E-state index is 11.3. The highest BCUT2D eigenvalue weighted by molar-refractivity contribution is 5.96. The topological polar surface area (TPSA) is 94.9 Å². The van der Waals surface area contributed by atoms with E-state index in [-0.39, 0.29) is 16.8 Å². The minimum atomic E-state index is -0.614. The number of amides is 1. The molecule has 1 aromatic heterocycles. The fourth-order valence-corrected chi connectivity index (χ4v) is 2.68. The quantitative estimate of drug-likeness (QED) is 0.880. The fraction of sp³-hybridized carbons (Fsp3) is 0.312. The van der Waals surface area contributed by atoms with Crippen LogP contribution in [0, 0.1) is 0 Å². The lowest BCUT2D eigenvalue weighted by Gasteiger charge is -2.31. The molecule has 0 fully saturated rings. The fourth-order valence-electron chi connectivity index (χ4n) is 2.68. The molecular weight excluding hydrogens is 264 g/mol. The number of hydrogen-bond acceptors (Lipinski definition) is 4. The van der Waals surface area contributed by atoms with E-state index in [0.29, 0.717) is 5.82 Å². The molecule has 0 aliphatic heterocycles. The van der Waals surface area contributed by atoms with Crippen LogP contribution in [0.2, 0.25) is 0 Å². The van der Waals surface area contributed by atoms with Crippen LogP contribution < -0.4 is 11.5 Å². The summed E-state index contributed by atoms with van der Waals surface area (Å²) >= 11 is 0. The smallest absolute Gasteiger partial charge is 0.254 e. The van der Waals surface area contributed by atoms with Gasteiger partial charge in [0.15, 0.2) is 0 Å². The van der Waals surface area contributed by atoms with Crippen molar-refractivity contribution in [3.63, 3.8) is 0 Å². The highest BCUT2D eigenvalue weighted by atomic mass is 16.1. The van der Waals surface area contributed by atoms with Crippen molar-refractivity contribution in [1.82, 2.24) is 9.97 Å². The molecule has 1 amide bonds. The van der Waals surface area contributed by atoms with Crippen LogP contribution in [0.1, 0.15) is 48.4 Å². The minimum Gasteiger partial charge on any atom is -0.383 e. The first-order valence-electron chi connectivity index (χ1n) is 7.03. The third kappa shape index (κ3) is 2.59. The Bertz CT molecular complexity index is 636. The standard InChI is InChI=1S/C16H20N4O/c1-3-16(4-2,11-8-6-5-7-9-11)15-19-10-12(14(18)21)13(17)20-15/h5-10H,3-4H2,1-2H3,(H2,18,21)(H2,17,19,20). The van der Waals surface area contributed by atoms with Crippen molar-refractivity contribution in [2.75, 3.05) is 5.73 Å². The molecule has 0 bridgehead atoms. The number of primary amides is 1. The Labute approximate surface area is 124 Å². The number of anilines is 1. The zero-order chi connectivity index (χ0) is 15.5. The molecule has 4 N–H and O–H groups in total. The van der Waals surface area contributed by atoms with Gasteiger partial charge in [-0.2, -0.15) is 0 Å². The van der Waals surface area contributed by atoms with Crippen LogP contribution in [-0.2, 0) is 5.41 Å². The van der Waals surface area contributed by atoms with Crippen LogP contribution in [0.5, 0.6) is 0 Å². The maximum Gasteiger partial charge on any atom is 0.254 e. The van der Waals surface area contributed by atoms with E-state index in [2.05, 4.69) is 35.9 Å². The van der Waals surface area contributed by atoms with Crippen molar-refractivity contribution in [1.29, 1.82) is 0 Å². The van der Waals surface area contributed by atoms with Crippen molar-refractivity contribution in [2.24, 2.45) is 5.73 Å². The second-order valence-electron chi connectivity index (χ2n) is 5.01. The third-order valence-corrected chi connectivity index (χ3v) is 4.05. The predicted octanol–water partition coefficient (Wildman–Crippen LogP) is 2.26. The molecule has 0 aliphatic carbocycles. The number of hydrogen-bond donors (Lipinski definition) is 2. The summed E-state index contributed by atoms with van der Waals surface area (Å²) < 4.78 is 0. The summed E-state index contributed by atoms with van der Waals surface area (Å²) in [7, 11) is 0. The van der Waals surface area contributed by atoms with Crippen molar-refractivity contribution in [3.05, 3.63) is 53.5 Å². The molecule has 0 saturated heterocycles. The minimum absolute atomic E-state index is 0.134. The monoisotopic (exact) mass is 284 g/mol. The summed E-state index contributed by atoms with van der Waals surface area (Å²) in [5.74, 6) is 0.147. The Morgan fingerprint density at radius 1 is 1.19 bits per heavy atom. The average molecular weight is 284 g/mol. The zero-order valence-electron chi connectivity index (χ0n) is 12.3. The van der Waals surface area contributed by atoms with Gasteiger partial charge in [-0.25, -0.2) is 9.97 Å². The van der Waals surface area contributed by atoms with Crippen LogP contribution in [-0.4, -0.2) is 15.9 Å². The molecule has 0 unspecified atom stereocenters. The normalized spacial score (nSPS) is 11.3. The van der Waals surface area contributed by atoms with E-state index in [1.165, 1.54) is 6.20 Å². The molecule has 0 aliphatic rings. The molecule has 110 valence electrons. The molecule has 0 spiro atoms. The SMILES string of the molecule is CCC(CC)(c1ccccc1)c1ncc(C(N)=O)c(N)n1. The van der Waals surface area contributed by atoms with Gasteiger partial charge >= 0.3 is 0 Å². The van der Waals surface area contributed by atoms with Gasteiger partial charge in [-0.05, 0) is 18.4 Å². The molecular formula is C16H20N4O. The number of nitrogens with two attached hydrogens (primary N) is 2. The molecule has 0 radical (unpaired) electrons. The lowest BCUT2D eigenvalue weighted by Crippen LogP contribution is -2.30. The number of benzene rings is 1. The molecule has 0 atom stereocenters. The summed E-state index contributed by atoms with van der Waals surface area (Å²) in [5.41, 5.74) is 12.1. The van der Waals surface area contributed by atoms with Gasteiger partial charge in [0.05, 0.1) is 11.0 Å². The van der Waals surface area contributed by atoms with E-state index in [0.717, 1.165) is 18.4 Å². The van der Waals surface area contributed by atoms with Gasteiger partial charge in [-0.1, -0.05) is 44.2 Å². The third-order valence-electron chi connectivity index (χ3n) is 4.05. The Kier molecular flexibility index (Phi) is 4.21. The molecule has 1 heterocycles. The van der Waals surface area contributed by atoms with E-state index in [9.17, 15) is 4.79 Å². The molecule has 21 heavy (non-hydrogen) atoms. The van der Waals surface area contributed by atoms with Gasteiger partial charge in [-0.15, -0.1) is 0 Å². The van der Waals surface area contributed by atoms with E-state index < -0.39 is 5.91 Å². The van der Waals surface area contributed by atoms with Gasteiger partial charge in [0.2, 0.25) is 0 Å².